The number of urea groups is 1. The highest BCUT2D eigenvalue weighted by atomic mass is 19.1. The summed E-state index contributed by atoms with van der Waals surface area (Å²) in [7, 11) is 0. The van der Waals surface area contributed by atoms with E-state index in [9.17, 15) is 13.6 Å². The van der Waals surface area contributed by atoms with Crippen LogP contribution < -0.4 is 21.3 Å². The molecule has 0 aliphatic carbocycles. The number of nitrogens with one attached hydrogen (secondary N) is 4. The second-order valence-corrected chi connectivity index (χ2v) is 7.61. The van der Waals surface area contributed by atoms with Gasteiger partial charge in [-0.15, -0.1) is 0 Å². The Morgan fingerprint density at radius 1 is 0.735 bits per heavy atom. The van der Waals surface area contributed by atoms with Crippen molar-refractivity contribution in [3.63, 3.8) is 0 Å². The number of anilines is 6. The Morgan fingerprint density at radius 2 is 1.38 bits per heavy atom. The summed E-state index contributed by atoms with van der Waals surface area (Å²) in [6, 6.07) is 18.7. The molecule has 4 N–H and O–H groups in total. The quantitative estimate of drug-likeness (QED) is 0.264. The summed E-state index contributed by atoms with van der Waals surface area (Å²) in [5.41, 5.74) is 3.79. The van der Waals surface area contributed by atoms with Crippen molar-refractivity contribution in [3.8, 4) is 0 Å². The lowest BCUT2D eigenvalue weighted by atomic mass is 10.2. The summed E-state index contributed by atoms with van der Waals surface area (Å²) in [5, 5.41) is 11.2. The highest BCUT2D eigenvalue weighted by Crippen LogP contribution is 2.21. The molecule has 2 amide bonds. The third-order valence-corrected chi connectivity index (χ3v) is 4.75. The van der Waals surface area contributed by atoms with Crippen LogP contribution in [0, 0.1) is 25.5 Å². The van der Waals surface area contributed by atoms with Crippen LogP contribution in [0.5, 0.6) is 0 Å². The van der Waals surface area contributed by atoms with Crippen molar-refractivity contribution in [2.24, 2.45) is 0 Å². The number of benzene rings is 3. The molecule has 4 aromatic rings. The molecule has 0 bridgehead atoms. The number of carbonyl (C=O) groups is 1. The Kier molecular flexibility index (Phi) is 6.63. The van der Waals surface area contributed by atoms with Crippen molar-refractivity contribution in [1.82, 2.24) is 9.97 Å². The fraction of sp³-hybridized carbons (Fsp3) is 0.0800. The summed E-state index contributed by atoms with van der Waals surface area (Å²) >= 11 is 0. The third kappa shape index (κ3) is 6.04. The van der Waals surface area contributed by atoms with Gasteiger partial charge < -0.3 is 21.3 Å². The van der Waals surface area contributed by atoms with E-state index in [0.29, 0.717) is 23.1 Å². The average Bonchev–Trinajstić information content (AvgIpc) is 2.79. The van der Waals surface area contributed by atoms with Crippen molar-refractivity contribution in [3.05, 3.63) is 95.7 Å². The molecule has 4 rings (SSSR count). The van der Waals surface area contributed by atoms with E-state index < -0.39 is 17.7 Å². The molecule has 1 heterocycles. The second-order valence-electron chi connectivity index (χ2n) is 7.61. The Hall–Kier alpha value is -4.53. The molecule has 34 heavy (non-hydrogen) atoms. The fourth-order valence-corrected chi connectivity index (χ4v) is 3.12. The molecule has 0 aliphatic rings. The summed E-state index contributed by atoms with van der Waals surface area (Å²) in [4.78, 5) is 21.0. The summed E-state index contributed by atoms with van der Waals surface area (Å²) < 4.78 is 27.0. The van der Waals surface area contributed by atoms with Gasteiger partial charge >= 0.3 is 6.03 Å². The number of carbonyl (C=O) groups excluding carboxylic acids is 1. The molecule has 0 saturated heterocycles. The molecule has 0 saturated carbocycles. The topological polar surface area (TPSA) is 91.0 Å². The number of halogens is 2. The van der Waals surface area contributed by atoms with Gasteiger partial charge in [0.2, 0.25) is 5.95 Å². The lowest BCUT2D eigenvalue weighted by Crippen LogP contribution is -2.20. The van der Waals surface area contributed by atoms with Crippen LogP contribution in [-0.4, -0.2) is 16.0 Å². The van der Waals surface area contributed by atoms with E-state index in [0.717, 1.165) is 29.6 Å². The third-order valence-electron chi connectivity index (χ3n) is 4.75. The Labute approximate surface area is 195 Å². The number of hydrogen-bond donors (Lipinski definition) is 4. The number of aryl methyl sites for hydroxylation is 2. The smallest absolute Gasteiger partial charge is 0.323 e. The predicted molar refractivity (Wildman–Crippen MR) is 130 cm³/mol. The maximum Gasteiger partial charge on any atom is 0.323 e. The molecule has 0 atom stereocenters. The van der Waals surface area contributed by atoms with Crippen LogP contribution in [0.1, 0.15) is 11.3 Å². The minimum Gasteiger partial charge on any atom is -0.340 e. The molecule has 9 heteroatoms. The molecule has 0 spiro atoms. The zero-order valence-corrected chi connectivity index (χ0v) is 18.5. The van der Waals surface area contributed by atoms with Crippen LogP contribution in [0.4, 0.5) is 48.1 Å². The molecule has 7 nitrogen and oxygen atoms in total. The zero-order valence-electron chi connectivity index (χ0n) is 18.5. The lowest BCUT2D eigenvalue weighted by Gasteiger charge is -2.11. The van der Waals surface area contributed by atoms with E-state index in [-0.39, 0.29) is 5.69 Å². The number of rotatable bonds is 6. The first-order valence-electron chi connectivity index (χ1n) is 10.4. The highest BCUT2D eigenvalue weighted by Gasteiger charge is 2.09. The maximum atomic E-state index is 13.7. The molecule has 3 aromatic carbocycles. The molecular formula is C25H22F2N6O. The van der Waals surface area contributed by atoms with Gasteiger partial charge in [0.1, 0.15) is 17.5 Å². The van der Waals surface area contributed by atoms with Crippen molar-refractivity contribution < 1.29 is 13.6 Å². The SMILES string of the molecule is Cc1ccc(Nc2cc(C)nc(Nc3ccc(NC(=O)Nc4cc(F)ccc4F)cc3)n2)cc1. The summed E-state index contributed by atoms with van der Waals surface area (Å²) in [6.45, 7) is 3.90. The predicted octanol–water partition coefficient (Wildman–Crippen LogP) is 6.50. The monoisotopic (exact) mass is 460 g/mol. The van der Waals surface area contributed by atoms with Crippen LogP contribution in [0.3, 0.4) is 0 Å². The van der Waals surface area contributed by atoms with E-state index >= 15 is 0 Å². The normalized spacial score (nSPS) is 10.5. The van der Waals surface area contributed by atoms with Crippen LogP contribution in [0.2, 0.25) is 0 Å². The van der Waals surface area contributed by atoms with Gasteiger partial charge in [-0.2, -0.15) is 4.98 Å². The van der Waals surface area contributed by atoms with Gasteiger partial charge in [-0.3, -0.25) is 0 Å². The number of nitrogens with zero attached hydrogens (tertiary/aromatic N) is 2. The zero-order chi connectivity index (χ0) is 24.1. The highest BCUT2D eigenvalue weighted by molar-refractivity contribution is 5.99. The summed E-state index contributed by atoms with van der Waals surface area (Å²) in [5.74, 6) is -0.318. The van der Waals surface area contributed by atoms with Gasteiger partial charge in [-0.05, 0) is 62.4 Å². The van der Waals surface area contributed by atoms with Gasteiger partial charge in [0.15, 0.2) is 0 Å². The van der Waals surface area contributed by atoms with Crippen molar-refractivity contribution in [1.29, 1.82) is 0 Å². The molecule has 0 radical (unpaired) electrons. The summed E-state index contributed by atoms with van der Waals surface area (Å²) in [6.07, 6.45) is 0. The Bertz CT molecular complexity index is 1310. The lowest BCUT2D eigenvalue weighted by molar-refractivity contribution is 0.262. The van der Waals surface area contributed by atoms with Crippen molar-refractivity contribution >= 4 is 40.5 Å². The standard InChI is InChI=1S/C25H22F2N6O/c1-15-3-6-18(7-4-15)29-23-13-16(2)28-24(33-23)30-19-8-10-20(11-9-19)31-25(34)32-22-14-17(26)5-12-21(22)27/h3-14H,1-2H3,(H2,31,32,34)(H2,28,29,30,33). The van der Waals surface area contributed by atoms with Crippen LogP contribution in [-0.2, 0) is 0 Å². The van der Waals surface area contributed by atoms with E-state index in [1.165, 1.54) is 5.56 Å². The van der Waals surface area contributed by atoms with E-state index in [2.05, 4.69) is 31.2 Å². The molecule has 0 unspecified atom stereocenters. The first kappa shape index (κ1) is 22.7. The van der Waals surface area contributed by atoms with Gasteiger partial charge in [0, 0.05) is 34.9 Å². The molecule has 172 valence electrons. The number of aromatic nitrogens is 2. The van der Waals surface area contributed by atoms with Crippen LogP contribution in [0.25, 0.3) is 0 Å². The number of amides is 2. The Balaban J connectivity index is 1.39. The largest absolute Gasteiger partial charge is 0.340 e. The van der Waals surface area contributed by atoms with E-state index in [1.807, 2.05) is 44.2 Å². The minimum absolute atomic E-state index is 0.248. The first-order chi connectivity index (χ1) is 16.3. The van der Waals surface area contributed by atoms with E-state index in [1.54, 1.807) is 24.3 Å². The molecular weight excluding hydrogens is 438 g/mol. The van der Waals surface area contributed by atoms with Gasteiger partial charge in [0.05, 0.1) is 5.69 Å². The van der Waals surface area contributed by atoms with Crippen LogP contribution in [0.15, 0.2) is 72.8 Å². The van der Waals surface area contributed by atoms with Gasteiger partial charge in [-0.25, -0.2) is 18.6 Å². The maximum absolute atomic E-state index is 13.7. The van der Waals surface area contributed by atoms with Gasteiger partial charge in [0.25, 0.3) is 0 Å². The fourth-order valence-electron chi connectivity index (χ4n) is 3.12. The molecule has 0 fully saturated rings. The van der Waals surface area contributed by atoms with Crippen molar-refractivity contribution in [2.75, 3.05) is 21.3 Å². The molecule has 0 aliphatic heterocycles. The van der Waals surface area contributed by atoms with Crippen LogP contribution >= 0.6 is 0 Å². The van der Waals surface area contributed by atoms with Gasteiger partial charge in [-0.1, -0.05) is 17.7 Å². The second kappa shape index (κ2) is 9.95. The minimum atomic E-state index is -0.731. The first-order valence-corrected chi connectivity index (χ1v) is 10.4. The Morgan fingerprint density at radius 3 is 2.12 bits per heavy atom. The average molecular weight is 460 g/mol. The van der Waals surface area contributed by atoms with Crippen molar-refractivity contribution in [2.45, 2.75) is 13.8 Å². The van der Waals surface area contributed by atoms with E-state index in [4.69, 9.17) is 0 Å². The molecule has 1 aromatic heterocycles. The number of hydrogen-bond acceptors (Lipinski definition) is 5.